The zero-order valence-electron chi connectivity index (χ0n) is 13.1. The van der Waals surface area contributed by atoms with E-state index in [1.54, 1.807) is 19.1 Å². The second-order valence-electron chi connectivity index (χ2n) is 5.41. The Hall–Kier alpha value is -1.95. The summed E-state index contributed by atoms with van der Waals surface area (Å²) in [7, 11) is 1.30. The Balaban J connectivity index is 2.81. The number of ether oxygens (including phenoxy) is 2. The van der Waals surface area contributed by atoms with Gasteiger partial charge in [-0.1, -0.05) is 12.1 Å². The Morgan fingerprint density at radius 1 is 1.32 bits per heavy atom. The number of esters is 2. The van der Waals surface area contributed by atoms with Gasteiger partial charge < -0.3 is 15.2 Å². The molecule has 0 fully saturated rings. The van der Waals surface area contributed by atoms with E-state index in [1.165, 1.54) is 26.2 Å². The smallest absolute Gasteiger partial charge is 0.307 e. The van der Waals surface area contributed by atoms with Crippen molar-refractivity contribution in [2.75, 3.05) is 7.11 Å². The Morgan fingerprint density at radius 2 is 1.91 bits per heavy atom. The van der Waals surface area contributed by atoms with Crippen molar-refractivity contribution in [1.82, 2.24) is 0 Å². The molecule has 1 rings (SSSR count). The van der Waals surface area contributed by atoms with Crippen molar-refractivity contribution in [1.29, 1.82) is 0 Å². The molecule has 2 atom stereocenters. The molecule has 0 aliphatic rings. The van der Waals surface area contributed by atoms with E-state index in [1.807, 2.05) is 0 Å². The summed E-state index contributed by atoms with van der Waals surface area (Å²) in [6, 6.07) is 5.37. The highest BCUT2D eigenvalue weighted by atomic mass is 19.1. The standard InChI is InChI=1S/C16H22FNO4/c1-11(19)22-16(2,12-4-6-13(17)7-5-12)9-8-14(18)10-15(20)21-3/h4-7,14H,8-10,18H2,1-3H3. The van der Waals surface area contributed by atoms with Gasteiger partial charge in [-0.25, -0.2) is 4.39 Å². The van der Waals surface area contributed by atoms with Crippen molar-refractivity contribution in [3.05, 3.63) is 35.6 Å². The van der Waals surface area contributed by atoms with Crippen molar-refractivity contribution in [2.45, 2.75) is 44.8 Å². The van der Waals surface area contributed by atoms with E-state index in [2.05, 4.69) is 4.74 Å². The molecule has 22 heavy (non-hydrogen) atoms. The molecule has 1 aromatic rings. The first-order valence-corrected chi connectivity index (χ1v) is 7.05. The van der Waals surface area contributed by atoms with Crippen LogP contribution in [0.5, 0.6) is 0 Å². The van der Waals surface area contributed by atoms with Crippen LogP contribution in [-0.4, -0.2) is 25.1 Å². The summed E-state index contributed by atoms with van der Waals surface area (Å²) in [4.78, 5) is 22.6. The number of halogens is 1. The minimum atomic E-state index is -0.923. The van der Waals surface area contributed by atoms with Crippen molar-refractivity contribution in [3.8, 4) is 0 Å². The molecule has 0 saturated heterocycles. The highest BCUT2D eigenvalue weighted by Gasteiger charge is 2.30. The molecule has 122 valence electrons. The second-order valence-corrected chi connectivity index (χ2v) is 5.41. The summed E-state index contributed by atoms with van der Waals surface area (Å²) >= 11 is 0. The van der Waals surface area contributed by atoms with E-state index in [9.17, 15) is 14.0 Å². The lowest BCUT2D eigenvalue weighted by Gasteiger charge is -2.30. The number of carbonyl (C=O) groups excluding carboxylic acids is 2. The van der Waals surface area contributed by atoms with Gasteiger partial charge in [0.1, 0.15) is 11.4 Å². The maximum absolute atomic E-state index is 13.1. The number of rotatable bonds is 7. The van der Waals surface area contributed by atoms with Gasteiger partial charge in [0.25, 0.3) is 0 Å². The number of carbonyl (C=O) groups is 2. The first-order valence-electron chi connectivity index (χ1n) is 7.05. The van der Waals surface area contributed by atoms with Crippen molar-refractivity contribution < 1.29 is 23.5 Å². The average molecular weight is 311 g/mol. The Labute approximate surface area is 129 Å². The molecule has 0 aliphatic heterocycles. The summed E-state index contributed by atoms with van der Waals surface area (Å²) in [5, 5.41) is 0. The van der Waals surface area contributed by atoms with Gasteiger partial charge in [0.15, 0.2) is 0 Å². The SMILES string of the molecule is COC(=O)CC(N)CCC(C)(OC(C)=O)c1ccc(F)cc1. The summed E-state index contributed by atoms with van der Waals surface area (Å²) in [5.41, 5.74) is 5.64. The normalized spacial score (nSPS) is 14.8. The lowest BCUT2D eigenvalue weighted by Crippen LogP contribution is -2.32. The summed E-state index contributed by atoms with van der Waals surface area (Å²) in [6.07, 6.45) is 0.961. The van der Waals surface area contributed by atoms with E-state index in [-0.39, 0.29) is 18.2 Å². The molecule has 2 unspecified atom stereocenters. The highest BCUT2D eigenvalue weighted by Crippen LogP contribution is 2.31. The Morgan fingerprint density at radius 3 is 2.41 bits per heavy atom. The monoisotopic (exact) mass is 311 g/mol. The first-order chi connectivity index (χ1) is 10.3. The zero-order valence-corrected chi connectivity index (χ0v) is 13.1. The molecular formula is C16H22FNO4. The van der Waals surface area contributed by atoms with Gasteiger partial charge in [-0.15, -0.1) is 0 Å². The minimum absolute atomic E-state index is 0.0933. The van der Waals surface area contributed by atoms with E-state index in [0.29, 0.717) is 18.4 Å². The fourth-order valence-corrected chi connectivity index (χ4v) is 2.23. The molecule has 1 aromatic carbocycles. The van der Waals surface area contributed by atoms with Gasteiger partial charge in [0.2, 0.25) is 0 Å². The van der Waals surface area contributed by atoms with E-state index < -0.39 is 17.6 Å². The van der Waals surface area contributed by atoms with E-state index in [0.717, 1.165) is 0 Å². The zero-order chi connectivity index (χ0) is 16.8. The van der Waals surface area contributed by atoms with Crippen LogP contribution >= 0.6 is 0 Å². The number of hydrogen-bond acceptors (Lipinski definition) is 5. The fraction of sp³-hybridized carbons (Fsp3) is 0.500. The van der Waals surface area contributed by atoms with Gasteiger partial charge in [0, 0.05) is 13.0 Å². The number of nitrogens with two attached hydrogens (primary N) is 1. The maximum Gasteiger partial charge on any atom is 0.307 e. The maximum atomic E-state index is 13.1. The van der Waals surface area contributed by atoms with Crippen LogP contribution in [-0.2, 0) is 24.7 Å². The van der Waals surface area contributed by atoms with Crippen LogP contribution in [0.25, 0.3) is 0 Å². The summed E-state index contributed by atoms with van der Waals surface area (Å²) in [5.74, 6) is -1.19. The molecule has 0 saturated carbocycles. The van der Waals surface area contributed by atoms with Crippen LogP contribution in [0, 0.1) is 5.82 Å². The van der Waals surface area contributed by atoms with Crippen molar-refractivity contribution in [3.63, 3.8) is 0 Å². The Kier molecular flexibility index (Phi) is 6.49. The lowest BCUT2D eigenvalue weighted by molar-refractivity contribution is -0.157. The molecule has 0 spiro atoms. The molecule has 0 heterocycles. The van der Waals surface area contributed by atoms with Crippen LogP contribution in [0.2, 0.25) is 0 Å². The van der Waals surface area contributed by atoms with E-state index in [4.69, 9.17) is 10.5 Å². The topological polar surface area (TPSA) is 78.6 Å². The third-order valence-corrected chi connectivity index (χ3v) is 3.47. The first kappa shape index (κ1) is 18.1. The molecule has 2 N–H and O–H groups in total. The molecule has 0 amide bonds. The largest absolute Gasteiger partial charge is 0.469 e. The van der Waals surface area contributed by atoms with Gasteiger partial charge in [-0.2, -0.15) is 0 Å². The molecule has 0 aromatic heterocycles. The Bertz CT molecular complexity index is 517. The number of hydrogen-bond donors (Lipinski definition) is 1. The molecule has 0 radical (unpaired) electrons. The fourth-order valence-electron chi connectivity index (χ4n) is 2.23. The third kappa shape index (κ3) is 5.44. The van der Waals surface area contributed by atoms with Crippen LogP contribution < -0.4 is 5.73 Å². The number of methoxy groups -OCH3 is 1. The van der Waals surface area contributed by atoms with Crippen LogP contribution in [0.1, 0.15) is 38.7 Å². The van der Waals surface area contributed by atoms with Gasteiger partial charge in [-0.05, 0) is 37.5 Å². The predicted octanol–water partition coefficient (Wildman–Crippen LogP) is 2.27. The molecule has 6 heteroatoms. The minimum Gasteiger partial charge on any atom is -0.469 e. The average Bonchev–Trinajstić information content (AvgIpc) is 2.45. The molecule has 5 nitrogen and oxygen atoms in total. The molecular weight excluding hydrogens is 289 g/mol. The van der Waals surface area contributed by atoms with Gasteiger partial charge >= 0.3 is 11.9 Å². The lowest BCUT2D eigenvalue weighted by atomic mass is 9.88. The van der Waals surface area contributed by atoms with Crippen LogP contribution in [0.3, 0.4) is 0 Å². The van der Waals surface area contributed by atoms with Crippen LogP contribution in [0.4, 0.5) is 4.39 Å². The van der Waals surface area contributed by atoms with Crippen molar-refractivity contribution in [2.24, 2.45) is 5.73 Å². The highest BCUT2D eigenvalue weighted by molar-refractivity contribution is 5.69. The van der Waals surface area contributed by atoms with Crippen LogP contribution in [0.15, 0.2) is 24.3 Å². The molecule has 0 aliphatic carbocycles. The van der Waals surface area contributed by atoms with Gasteiger partial charge in [0.05, 0.1) is 13.5 Å². The summed E-state index contributed by atoms with van der Waals surface area (Å²) < 4.78 is 23.0. The van der Waals surface area contributed by atoms with E-state index >= 15 is 0 Å². The predicted molar refractivity (Wildman–Crippen MR) is 79.4 cm³/mol. The quantitative estimate of drug-likeness (QED) is 0.782. The van der Waals surface area contributed by atoms with Crippen molar-refractivity contribution >= 4 is 11.9 Å². The van der Waals surface area contributed by atoms with Gasteiger partial charge in [-0.3, -0.25) is 9.59 Å². The third-order valence-electron chi connectivity index (χ3n) is 3.47. The second kappa shape index (κ2) is 7.89. The molecule has 0 bridgehead atoms. The number of benzene rings is 1. The summed E-state index contributed by atoms with van der Waals surface area (Å²) in [6.45, 7) is 3.06.